The van der Waals surface area contributed by atoms with E-state index in [9.17, 15) is 22.8 Å². The molecule has 0 fully saturated rings. The maximum atomic E-state index is 12.9. The average molecular weight is 451 g/mol. The van der Waals surface area contributed by atoms with Gasteiger partial charge in [-0.15, -0.1) is 0 Å². The number of rotatable bonds is 5. The number of carbonyl (C=O) groups excluding carboxylic acids is 2. The van der Waals surface area contributed by atoms with E-state index in [0.717, 1.165) is 12.1 Å². The maximum absolute atomic E-state index is 12.9. The van der Waals surface area contributed by atoms with Gasteiger partial charge in [-0.3, -0.25) is 4.79 Å². The van der Waals surface area contributed by atoms with Gasteiger partial charge in [-0.05, 0) is 54.6 Å². The van der Waals surface area contributed by atoms with Crippen molar-refractivity contribution in [3.8, 4) is 11.5 Å². The van der Waals surface area contributed by atoms with Crippen LogP contribution in [0.15, 0.2) is 60.8 Å². The number of pyridine rings is 1. The number of alkyl halides is 3. The predicted molar refractivity (Wildman–Crippen MR) is 108 cm³/mol. The van der Waals surface area contributed by atoms with Gasteiger partial charge in [-0.2, -0.15) is 13.2 Å². The lowest BCUT2D eigenvalue weighted by atomic mass is 10.2. The van der Waals surface area contributed by atoms with Crippen LogP contribution in [0.5, 0.6) is 11.5 Å². The molecule has 0 aliphatic carbocycles. The molecule has 0 atom stereocenters. The number of nitrogens with zero attached hydrogens (tertiary/aromatic N) is 1. The molecule has 3 aromatic rings. The standard InChI is InChI=1S/C20H14ClF3N4O3/c21-15-8-5-12(10-14(15)20(22,23)24)28-19(30)27-11-3-6-13(7-4-11)31-16-2-1-9-26-17(16)18(25)29/h1-10H,(H2,25,29)(H2,27,28,30). The van der Waals surface area contributed by atoms with Crippen molar-refractivity contribution >= 4 is 34.9 Å². The summed E-state index contributed by atoms with van der Waals surface area (Å²) in [5, 5.41) is 4.31. The summed E-state index contributed by atoms with van der Waals surface area (Å²) in [6.07, 6.45) is -3.25. The van der Waals surface area contributed by atoms with E-state index in [2.05, 4.69) is 15.6 Å². The molecule has 0 aliphatic heterocycles. The monoisotopic (exact) mass is 450 g/mol. The Balaban J connectivity index is 1.65. The van der Waals surface area contributed by atoms with Crippen molar-refractivity contribution in [1.29, 1.82) is 0 Å². The summed E-state index contributed by atoms with van der Waals surface area (Å²) in [6, 6.07) is 11.4. The Morgan fingerprint density at radius 1 is 1.00 bits per heavy atom. The summed E-state index contributed by atoms with van der Waals surface area (Å²) in [4.78, 5) is 27.3. The molecule has 3 amide bonds. The Morgan fingerprint density at radius 3 is 2.29 bits per heavy atom. The third kappa shape index (κ3) is 5.64. The average Bonchev–Trinajstić information content (AvgIpc) is 2.70. The van der Waals surface area contributed by atoms with Crippen LogP contribution in [0.2, 0.25) is 5.02 Å². The van der Waals surface area contributed by atoms with Crippen LogP contribution in [0.25, 0.3) is 0 Å². The van der Waals surface area contributed by atoms with Crippen molar-refractivity contribution in [1.82, 2.24) is 4.98 Å². The molecule has 1 aromatic heterocycles. The number of halogens is 4. The summed E-state index contributed by atoms with van der Waals surface area (Å²) < 4.78 is 44.3. The van der Waals surface area contributed by atoms with E-state index in [0.29, 0.717) is 11.4 Å². The molecule has 0 saturated heterocycles. The second-order valence-electron chi connectivity index (χ2n) is 6.11. The van der Waals surface area contributed by atoms with Gasteiger partial charge in [-0.25, -0.2) is 9.78 Å². The number of aromatic nitrogens is 1. The predicted octanol–water partition coefficient (Wildman–Crippen LogP) is 5.29. The number of hydrogen-bond acceptors (Lipinski definition) is 4. The van der Waals surface area contributed by atoms with Crippen LogP contribution in [-0.2, 0) is 6.18 Å². The number of hydrogen-bond donors (Lipinski definition) is 3. The van der Waals surface area contributed by atoms with Crippen molar-refractivity contribution in [2.24, 2.45) is 5.73 Å². The quantitative estimate of drug-likeness (QED) is 0.491. The molecule has 0 radical (unpaired) electrons. The lowest BCUT2D eigenvalue weighted by Gasteiger charge is -2.13. The Kier molecular flexibility index (Phi) is 6.30. The van der Waals surface area contributed by atoms with Crippen LogP contribution in [0.4, 0.5) is 29.3 Å². The van der Waals surface area contributed by atoms with Crippen LogP contribution < -0.4 is 21.1 Å². The summed E-state index contributed by atoms with van der Waals surface area (Å²) in [5.74, 6) is -0.243. The van der Waals surface area contributed by atoms with Gasteiger partial charge < -0.3 is 21.1 Å². The van der Waals surface area contributed by atoms with Gasteiger partial charge in [0.1, 0.15) is 5.75 Å². The lowest BCUT2D eigenvalue weighted by molar-refractivity contribution is -0.137. The maximum Gasteiger partial charge on any atom is 0.417 e. The molecule has 7 nitrogen and oxygen atoms in total. The van der Waals surface area contributed by atoms with E-state index in [4.69, 9.17) is 22.1 Å². The smallest absolute Gasteiger partial charge is 0.417 e. The zero-order chi connectivity index (χ0) is 22.6. The molecule has 3 rings (SSSR count). The molecule has 31 heavy (non-hydrogen) atoms. The van der Waals surface area contributed by atoms with Crippen molar-refractivity contribution in [3.63, 3.8) is 0 Å². The Bertz CT molecular complexity index is 1120. The van der Waals surface area contributed by atoms with Crippen molar-refractivity contribution in [2.75, 3.05) is 10.6 Å². The largest absolute Gasteiger partial charge is 0.455 e. The lowest BCUT2D eigenvalue weighted by Crippen LogP contribution is -2.19. The summed E-state index contributed by atoms with van der Waals surface area (Å²) >= 11 is 5.56. The van der Waals surface area contributed by atoms with E-state index < -0.39 is 28.7 Å². The highest BCUT2D eigenvalue weighted by Crippen LogP contribution is 2.36. The SMILES string of the molecule is NC(=O)c1ncccc1Oc1ccc(NC(=O)Nc2ccc(Cl)c(C(F)(F)F)c2)cc1. The van der Waals surface area contributed by atoms with Gasteiger partial charge in [0.05, 0.1) is 10.6 Å². The second kappa shape index (κ2) is 8.92. The molecule has 160 valence electrons. The molecular formula is C20H14ClF3N4O3. The number of nitrogens with two attached hydrogens (primary N) is 1. The first-order valence-corrected chi connectivity index (χ1v) is 8.99. The minimum Gasteiger partial charge on any atom is -0.455 e. The zero-order valence-electron chi connectivity index (χ0n) is 15.5. The molecule has 11 heteroatoms. The first-order valence-electron chi connectivity index (χ1n) is 8.61. The first kappa shape index (κ1) is 21.9. The van der Waals surface area contributed by atoms with E-state index in [1.807, 2.05) is 0 Å². The molecule has 0 spiro atoms. The van der Waals surface area contributed by atoms with E-state index in [1.165, 1.54) is 42.6 Å². The Hall–Kier alpha value is -3.79. The van der Waals surface area contributed by atoms with Gasteiger partial charge >= 0.3 is 12.2 Å². The molecular weight excluding hydrogens is 437 g/mol. The summed E-state index contributed by atoms with van der Waals surface area (Å²) in [6.45, 7) is 0. The first-order chi connectivity index (χ1) is 14.6. The number of carbonyl (C=O) groups is 2. The number of ether oxygens (including phenoxy) is 1. The highest BCUT2D eigenvalue weighted by Gasteiger charge is 2.33. The zero-order valence-corrected chi connectivity index (χ0v) is 16.3. The fourth-order valence-corrected chi connectivity index (χ4v) is 2.73. The summed E-state index contributed by atoms with van der Waals surface area (Å²) in [5.41, 5.74) is 4.42. The molecule has 0 aliphatic rings. The van der Waals surface area contributed by atoms with Gasteiger partial charge in [-0.1, -0.05) is 11.6 Å². The van der Waals surface area contributed by atoms with Crippen LogP contribution in [0.1, 0.15) is 16.1 Å². The van der Waals surface area contributed by atoms with Crippen LogP contribution in [-0.4, -0.2) is 16.9 Å². The number of anilines is 2. The van der Waals surface area contributed by atoms with E-state index in [-0.39, 0.29) is 17.1 Å². The number of benzene rings is 2. The molecule has 2 aromatic carbocycles. The molecule has 0 unspecified atom stereocenters. The molecule has 0 saturated carbocycles. The number of urea groups is 1. The minimum atomic E-state index is -4.65. The minimum absolute atomic E-state index is 0.0368. The van der Waals surface area contributed by atoms with E-state index >= 15 is 0 Å². The number of nitrogens with one attached hydrogen (secondary N) is 2. The number of primary amides is 1. The van der Waals surface area contributed by atoms with Crippen molar-refractivity contribution in [3.05, 3.63) is 77.1 Å². The second-order valence-corrected chi connectivity index (χ2v) is 6.52. The van der Waals surface area contributed by atoms with Crippen LogP contribution in [0.3, 0.4) is 0 Å². The van der Waals surface area contributed by atoms with Crippen LogP contribution in [0, 0.1) is 0 Å². The Morgan fingerprint density at radius 2 is 1.65 bits per heavy atom. The third-order valence-corrected chi connectivity index (χ3v) is 4.20. The van der Waals surface area contributed by atoms with Crippen molar-refractivity contribution < 1.29 is 27.5 Å². The van der Waals surface area contributed by atoms with Gasteiger partial charge in [0.2, 0.25) is 0 Å². The molecule has 1 heterocycles. The van der Waals surface area contributed by atoms with Crippen molar-refractivity contribution in [2.45, 2.75) is 6.18 Å². The van der Waals surface area contributed by atoms with Crippen LogP contribution >= 0.6 is 11.6 Å². The number of amides is 3. The van der Waals surface area contributed by atoms with Gasteiger partial charge in [0.25, 0.3) is 5.91 Å². The highest BCUT2D eigenvalue weighted by molar-refractivity contribution is 6.31. The molecule has 0 bridgehead atoms. The highest BCUT2D eigenvalue weighted by atomic mass is 35.5. The Labute approximate surface area is 179 Å². The third-order valence-electron chi connectivity index (χ3n) is 3.87. The van der Waals surface area contributed by atoms with E-state index in [1.54, 1.807) is 6.07 Å². The fourth-order valence-electron chi connectivity index (χ4n) is 2.50. The normalized spacial score (nSPS) is 11.0. The fraction of sp³-hybridized carbons (Fsp3) is 0.0500. The molecule has 4 N–H and O–H groups in total. The summed E-state index contributed by atoms with van der Waals surface area (Å²) in [7, 11) is 0. The van der Waals surface area contributed by atoms with Gasteiger partial charge in [0, 0.05) is 17.6 Å². The van der Waals surface area contributed by atoms with Gasteiger partial charge in [0.15, 0.2) is 11.4 Å². The topological polar surface area (TPSA) is 106 Å².